The van der Waals surface area contributed by atoms with Gasteiger partial charge in [-0.25, -0.2) is 12.8 Å². The number of hydrogen-bond acceptors (Lipinski definition) is 6. The Morgan fingerprint density at radius 3 is 2.50 bits per heavy atom. The second kappa shape index (κ2) is 8.23. The molecular weight excluding hydrogens is 411 g/mol. The first kappa shape index (κ1) is 22.0. The zero-order valence-corrected chi connectivity index (χ0v) is 17.9. The van der Waals surface area contributed by atoms with Gasteiger partial charge in [-0.1, -0.05) is 6.07 Å². The fourth-order valence-corrected chi connectivity index (χ4v) is 4.59. The average molecular weight is 437 g/mol. The van der Waals surface area contributed by atoms with Gasteiger partial charge in [0.25, 0.3) is 10.0 Å². The van der Waals surface area contributed by atoms with Crippen molar-refractivity contribution in [3.8, 4) is 5.75 Å². The van der Waals surface area contributed by atoms with Gasteiger partial charge in [-0.15, -0.1) is 0 Å². The van der Waals surface area contributed by atoms with E-state index in [4.69, 9.17) is 15.2 Å². The molecular formula is C21H25FN2O5S. The van der Waals surface area contributed by atoms with Gasteiger partial charge < -0.3 is 15.2 Å². The highest BCUT2D eigenvalue weighted by Gasteiger charge is 2.34. The first-order chi connectivity index (χ1) is 14.0. The van der Waals surface area contributed by atoms with Crippen molar-refractivity contribution in [1.29, 1.82) is 0 Å². The Labute approximate surface area is 175 Å². The number of benzene rings is 2. The predicted octanol–water partition coefficient (Wildman–Crippen LogP) is 2.62. The molecule has 9 heteroatoms. The Morgan fingerprint density at radius 1 is 1.23 bits per heavy atom. The van der Waals surface area contributed by atoms with E-state index in [9.17, 15) is 17.6 Å². The molecule has 1 aliphatic heterocycles. The quantitative estimate of drug-likeness (QED) is 0.724. The molecule has 0 aliphatic carbocycles. The first-order valence-corrected chi connectivity index (χ1v) is 10.9. The summed E-state index contributed by atoms with van der Waals surface area (Å²) in [4.78, 5) is 12.1. The van der Waals surface area contributed by atoms with Crippen LogP contribution in [-0.4, -0.2) is 39.2 Å². The summed E-state index contributed by atoms with van der Waals surface area (Å²) >= 11 is 0. The van der Waals surface area contributed by atoms with Gasteiger partial charge in [-0.05, 0) is 62.7 Å². The van der Waals surface area contributed by atoms with Gasteiger partial charge in [0.15, 0.2) is 0 Å². The minimum Gasteiger partial charge on any atom is -0.485 e. The zero-order chi connectivity index (χ0) is 22.1. The fraction of sp³-hybridized carbons (Fsp3) is 0.381. The number of carbonyl (C=O) groups is 1. The normalized spacial score (nSPS) is 16.6. The van der Waals surface area contributed by atoms with E-state index < -0.39 is 33.5 Å². The Kier molecular flexibility index (Phi) is 6.05. The summed E-state index contributed by atoms with van der Waals surface area (Å²) in [6.07, 6.45) is -0.556. The Morgan fingerprint density at radius 2 is 1.90 bits per heavy atom. The number of ether oxygens (including phenoxy) is 2. The molecule has 30 heavy (non-hydrogen) atoms. The summed E-state index contributed by atoms with van der Waals surface area (Å²) in [5.41, 5.74) is 5.97. The lowest BCUT2D eigenvalue weighted by molar-refractivity contribution is -0.153. The highest BCUT2D eigenvalue weighted by Crippen LogP contribution is 2.38. The molecule has 2 aromatic carbocycles. The molecule has 2 N–H and O–H groups in total. The minimum absolute atomic E-state index is 0.000892. The molecule has 0 aromatic heterocycles. The molecule has 1 heterocycles. The smallest absolute Gasteiger partial charge is 0.310 e. The summed E-state index contributed by atoms with van der Waals surface area (Å²) in [5, 5.41) is 0. The van der Waals surface area contributed by atoms with E-state index in [2.05, 4.69) is 0 Å². The molecule has 0 unspecified atom stereocenters. The molecule has 1 atom stereocenters. The molecule has 0 radical (unpaired) electrons. The highest BCUT2D eigenvalue weighted by atomic mass is 32.2. The number of nitrogens with zero attached hydrogens (tertiary/aromatic N) is 1. The maximum atomic E-state index is 13.3. The number of sulfonamides is 1. The molecule has 0 fully saturated rings. The first-order valence-electron chi connectivity index (χ1n) is 9.49. The van der Waals surface area contributed by atoms with Crippen LogP contribution in [0, 0.1) is 5.82 Å². The maximum absolute atomic E-state index is 13.3. The SMILES string of the molecule is CC(C)(C)OC(=O)Cc1ccc2c(c1)N(S(=O)(=O)c1ccc(F)cc1)C[C@H](CN)O2. The average Bonchev–Trinajstić information content (AvgIpc) is 2.65. The van der Waals surface area contributed by atoms with Crippen molar-refractivity contribution in [2.24, 2.45) is 5.73 Å². The molecule has 1 aliphatic rings. The van der Waals surface area contributed by atoms with Crippen molar-refractivity contribution in [2.45, 2.75) is 43.8 Å². The van der Waals surface area contributed by atoms with Crippen LogP contribution in [0.15, 0.2) is 47.4 Å². The third-order valence-electron chi connectivity index (χ3n) is 4.39. The van der Waals surface area contributed by atoms with Crippen molar-refractivity contribution in [3.05, 3.63) is 53.8 Å². The van der Waals surface area contributed by atoms with Crippen LogP contribution in [0.3, 0.4) is 0 Å². The standard InChI is InChI=1S/C21H25FN2O5S/c1-21(2,3)29-20(25)11-14-4-9-19-18(10-14)24(13-16(12-23)28-19)30(26,27)17-7-5-15(22)6-8-17/h4-10,16H,11-13,23H2,1-3H3/t16-/m0/s1. The van der Waals surface area contributed by atoms with Crippen LogP contribution in [0.2, 0.25) is 0 Å². The van der Waals surface area contributed by atoms with Crippen LogP contribution >= 0.6 is 0 Å². The van der Waals surface area contributed by atoms with E-state index in [1.54, 1.807) is 39.0 Å². The summed E-state index contributed by atoms with van der Waals surface area (Å²) in [6, 6.07) is 9.49. The predicted molar refractivity (Wildman–Crippen MR) is 110 cm³/mol. The second-order valence-electron chi connectivity index (χ2n) is 8.03. The molecule has 2 aromatic rings. The van der Waals surface area contributed by atoms with E-state index in [1.165, 1.54) is 16.4 Å². The number of nitrogens with two attached hydrogens (primary N) is 1. The Balaban J connectivity index is 1.98. The lowest BCUT2D eigenvalue weighted by atomic mass is 10.1. The number of rotatable bonds is 5. The van der Waals surface area contributed by atoms with Crippen LogP contribution < -0.4 is 14.8 Å². The lowest BCUT2D eigenvalue weighted by Gasteiger charge is -2.35. The molecule has 0 bridgehead atoms. The summed E-state index contributed by atoms with van der Waals surface area (Å²) in [6.45, 7) is 5.44. The van der Waals surface area contributed by atoms with Gasteiger partial charge in [0.1, 0.15) is 23.3 Å². The van der Waals surface area contributed by atoms with Crippen LogP contribution in [0.1, 0.15) is 26.3 Å². The minimum atomic E-state index is -3.99. The van der Waals surface area contributed by atoms with E-state index in [-0.39, 0.29) is 24.4 Å². The van der Waals surface area contributed by atoms with Crippen molar-refractivity contribution in [3.63, 3.8) is 0 Å². The Hall–Kier alpha value is -2.65. The van der Waals surface area contributed by atoms with Crippen molar-refractivity contribution in [1.82, 2.24) is 0 Å². The van der Waals surface area contributed by atoms with Crippen LogP contribution in [0.4, 0.5) is 10.1 Å². The maximum Gasteiger partial charge on any atom is 0.310 e. The molecule has 0 spiro atoms. The van der Waals surface area contributed by atoms with Crippen LogP contribution in [0.25, 0.3) is 0 Å². The fourth-order valence-electron chi connectivity index (χ4n) is 3.10. The van der Waals surface area contributed by atoms with E-state index in [0.717, 1.165) is 12.1 Å². The second-order valence-corrected chi connectivity index (χ2v) is 9.89. The van der Waals surface area contributed by atoms with Gasteiger partial charge in [0, 0.05) is 6.54 Å². The largest absolute Gasteiger partial charge is 0.485 e. The molecule has 0 saturated carbocycles. The third-order valence-corrected chi connectivity index (χ3v) is 6.18. The van der Waals surface area contributed by atoms with E-state index in [1.807, 2.05) is 0 Å². The molecule has 3 rings (SSSR count). The van der Waals surface area contributed by atoms with Gasteiger partial charge >= 0.3 is 5.97 Å². The van der Waals surface area contributed by atoms with Crippen LogP contribution in [-0.2, 0) is 26.0 Å². The topological polar surface area (TPSA) is 98.9 Å². The zero-order valence-electron chi connectivity index (χ0n) is 17.1. The molecule has 162 valence electrons. The molecule has 0 amide bonds. The summed E-state index contributed by atoms with van der Waals surface area (Å²) < 4.78 is 52.1. The molecule has 7 nitrogen and oxygen atoms in total. The third kappa shape index (κ3) is 4.91. The number of anilines is 1. The number of hydrogen-bond donors (Lipinski definition) is 1. The van der Waals surface area contributed by atoms with E-state index >= 15 is 0 Å². The number of halogens is 1. The Bertz CT molecular complexity index is 1030. The number of carbonyl (C=O) groups excluding carboxylic acids is 1. The van der Waals surface area contributed by atoms with Gasteiger partial charge in [-0.3, -0.25) is 9.10 Å². The van der Waals surface area contributed by atoms with Crippen molar-refractivity contribution in [2.75, 3.05) is 17.4 Å². The van der Waals surface area contributed by atoms with Gasteiger partial charge in [0.2, 0.25) is 0 Å². The van der Waals surface area contributed by atoms with Gasteiger partial charge in [-0.2, -0.15) is 0 Å². The van der Waals surface area contributed by atoms with Gasteiger partial charge in [0.05, 0.1) is 23.5 Å². The van der Waals surface area contributed by atoms with Crippen molar-refractivity contribution >= 4 is 21.7 Å². The summed E-state index contributed by atoms with van der Waals surface area (Å²) in [7, 11) is -3.99. The monoisotopic (exact) mass is 436 g/mol. The van der Waals surface area contributed by atoms with Crippen molar-refractivity contribution < 1.29 is 27.1 Å². The highest BCUT2D eigenvalue weighted by molar-refractivity contribution is 7.92. The molecule has 0 saturated heterocycles. The lowest BCUT2D eigenvalue weighted by Crippen LogP contribution is -2.46. The summed E-state index contributed by atoms with van der Waals surface area (Å²) in [5.74, 6) is -0.613. The number of fused-ring (bicyclic) bond motifs is 1. The van der Waals surface area contributed by atoms with E-state index in [0.29, 0.717) is 17.0 Å². The number of esters is 1. The van der Waals surface area contributed by atoms with Crippen LogP contribution in [0.5, 0.6) is 5.75 Å².